The number of nitrogens with zero attached hydrogens (tertiary/aromatic N) is 2. The van der Waals surface area contributed by atoms with Crippen LogP contribution in [0.15, 0.2) is 12.4 Å². The Balaban J connectivity index is 0.00000121. The van der Waals surface area contributed by atoms with Gasteiger partial charge in [-0.05, 0) is 13.3 Å². The van der Waals surface area contributed by atoms with Crippen LogP contribution in [0.3, 0.4) is 0 Å². The first-order valence-electron chi connectivity index (χ1n) is 4.06. The molecule has 0 saturated heterocycles. The minimum Gasteiger partial charge on any atom is -0.362 e. The molecule has 1 unspecified atom stereocenters. The summed E-state index contributed by atoms with van der Waals surface area (Å²) in [5.74, 6) is 0. The lowest BCUT2D eigenvalue weighted by atomic mass is 10.2. The van der Waals surface area contributed by atoms with Crippen molar-refractivity contribution in [3.63, 3.8) is 0 Å². The van der Waals surface area contributed by atoms with Crippen LogP contribution >= 0.6 is 12.4 Å². The van der Waals surface area contributed by atoms with E-state index in [9.17, 15) is 0 Å². The van der Waals surface area contributed by atoms with E-state index in [4.69, 9.17) is 5.73 Å². The lowest BCUT2D eigenvalue weighted by Gasteiger charge is -2.18. The molecule has 0 aromatic heterocycles. The van der Waals surface area contributed by atoms with Gasteiger partial charge < -0.3 is 15.5 Å². The Morgan fingerprint density at radius 1 is 1.50 bits per heavy atom. The molecule has 1 heterocycles. The largest absolute Gasteiger partial charge is 0.362 e. The average Bonchev–Trinajstić information content (AvgIpc) is 2.31. The third-order valence-corrected chi connectivity index (χ3v) is 1.81. The van der Waals surface area contributed by atoms with Crippen LogP contribution in [-0.2, 0) is 0 Å². The van der Waals surface area contributed by atoms with E-state index < -0.39 is 0 Å². The summed E-state index contributed by atoms with van der Waals surface area (Å²) in [7, 11) is 2.07. The van der Waals surface area contributed by atoms with E-state index in [-0.39, 0.29) is 12.4 Å². The fraction of sp³-hybridized carbons (Fsp3) is 0.750. The summed E-state index contributed by atoms with van der Waals surface area (Å²) >= 11 is 0. The molecule has 0 fully saturated rings. The van der Waals surface area contributed by atoms with Gasteiger partial charge in [-0.15, -0.1) is 12.4 Å². The standard InChI is InChI=1S/C8H17N3.ClH/c1-8(9)3-4-11-6-5-10(2)7-11;/h5-6,8H,3-4,7,9H2,1-2H3;1H. The zero-order valence-corrected chi connectivity index (χ0v) is 8.55. The maximum Gasteiger partial charge on any atom is 0.0890 e. The zero-order chi connectivity index (χ0) is 8.27. The molecule has 0 saturated carbocycles. The van der Waals surface area contributed by atoms with Gasteiger partial charge in [0.15, 0.2) is 0 Å². The quantitative estimate of drug-likeness (QED) is 0.717. The van der Waals surface area contributed by atoms with E-state index in [0.717, 1.165) is 19.6 Å². The smallest absolute Gasteiger partial charge is 0.0890 e. The van der Waals surface area contributed by atoms with Crippen LogP contribution in [0, 0.1) is 0 Å². The summed E-state index contributed by atoms with van der Waals surface area (Å²) in [5.41, 5.74) is 5.64. The van der Waals surface area contributed by atoms with Crippen molar-refractivity contribution in [3.8, 4) is 0 Å². The van der Waals surface area contributed by atoms with Gasteiger partial charge in [0.05, 0.1) is 6.67 Å². The SMILES string of the molecule is CC(N)CCN1C=CN(C)C1.Cl. The normalized spacial score (nSPS) is 17.9. The van der Waals surface area contributed by atoms with Crippen LogP contribution in [0.1, 0.15) is 13.3 Å². The minimum absolute atomic E-state index is 0. The first kappa shape index (κ1) is 11.6. The number of nitrogens with two attached hydrogens (primary N) is 1. The van der Waals surface area contributed by atoms with Gasteiger partial charge in [0.1, 0.15) is 0 Å². The van der Waals surface area contributed by atoms with Gasteiger partial charge in [0.2, 0.25) is 0 Å². The van der Waals surface area contributed by atoms with Crippen molar-refractivity contribution >= 4 is 12.4 Å². The van der Waals surface area contributed by atoms with Crippen LogP contribution in [-0.4, -0.2) is 36.1 Å². The van der Waals surface area contributed by atoms with Gasteiger partial charge in [0.25, 0.3) is 0 Å². The van der Waals surface area contributed by atoms with Crippen molar-refractivity contribution in [2.24, 2.45) is 5.73 Å². The van der Waals surface area contributed by atoms with Gasteiger partial charge in [-0.2, -0.15) is 0 Å². The Kier molecular flexibility index (Phi) is 5.09. The topological polar surface area (TPSA) is 32.5 Å². The van der Waals surface area contributed by atoms with Crippen LogP contribution in [0.2, 0.25) is 0 Å². The Labute approximate surface area is 80.6 Å². The Hall–Kier alpha value is -0.410. The molecule has 0 spiro atoms. The molecule has 1 atom stereocenters. The molecule has 3 nitrogen and oxygen atoms in total. The van der Waals surface area contributed by atoms with E-state index in [2.05, 4.69) is 29.2 Å². The Morgan fingerprint density at radius 2 is 2.17 bits per heavy atom. The third kappa shape index (κ3) is 3.83. The lowest BCUT2D eigenvalue weighted by molar-refractivity contribution is 0.289. The highest BCUT2D eigenvalue weighted by Crippen LogP contribution is 2.04. The zero-order valence-electron chi connectivity index (χ0n) is 7.73. The van der Waals surface area contributed by atoms with E-state index in [0.29, 0.717) is 6.04 Å². The highest BCUT2D eigenvalue weighted by atomic mass is 35.5. The molecule has 0 amide bonds. The van der Waals surface area contributed by atoms with Gasteiger partial charge in [0, 0.05) is 32.0 Å². The maximum atomic E-state index is 5.64. The molecule has 0 aliphatic carbocycles. The molecule has 0 aromatic rings. The van der Waals surface area contributed by atoms with E-state index in [1.807, 2.05) is 6.92 Å². The van der Waals surface area contributed by atoms with Gasteiger partial charge in [-0.25, -0.2) is 0 Å². The predicted molar refractivity (Wildman–Crippen MR) is 54.0 cm³/mol. The second kappa shape index (κ2) is 5.27. The van der Waals surface area contributed by atoms with Gasteiger partial charge in [-0.3, -0.25) is 0 Å². The maximum absolute atomic E-state index is 5.64. The van der Waals surface area contributed by atoms with Crippen molar-refractivity contribution in [2.45, 2.75) is 19.4 Å². The Morgan fingerprint density at radius 3 is 2.58 bits per heavy atom. The van der Waals surface area contributed by atoms with E-state index in [1.165, 1.54) is 0 Å². The lowest BCUT2D eigenvalue weighted by Crippen LogP contribution is -2.27. The molecular formula is C8H18ClN3. The molecular weight excluding hydrogens is 174 g/mol. The average molecular weight is 192 g/mol. The first-order chi connectivity index (χ1) is 5.18. The number of halogens is 1. The van der Waals surface area contributed by atoms with Crippen molar-refractivity contribution < 1.29 is 0 Å². The monoisotopic (exact) mass is 191 g/mol. The van der Waals surface area contributed by atoms with Gasteiger partial charge >= 0.3 is 0 Å². The Bertz CT molecular complexity index is 147. The summed E-state index contributed by atoms with van der Waals surface area (Å²) in [5, 5.41) is 0. The highest BCUT2D eigenvalue weighted by Gasteiger charge is 2.07. The second-order valence-electron chi connectivity index (χ2n) is 3.27. The number of hydrogen-bond donors (Lipinski definition) is 1. The van der Waals surface area contributed by atoms with E-state index in [1.54, 1.807) is 0 Å². The van der Waals surface area contributed by atoms with Crippen LogP contribution in [0.25, 0.3) is 0 Å². The van der Waals surface area contributed by atoms with Crippen molar-refractivity contribution in [3.05, 3.63) is 12.4 Å². The van der Waals surface area contributed by atoms with Crippen molar-refractivity contribution in [1.82, 2.24) is 9.80 Å². The van der Waals surface area contributed by atoms with Gasteiger partial charge in [-0.1, -0.05) is 0 Å². The van der Waals surface area contributed by atoms with Crippen molar-refractivity contribution in [1.29, 1.82) is 0 Å². The molecule has 1 aliphatic heterocycles. The highest BCUT2D eigenvalue weighted by molar-refractivity contribution is 5.85. The van der Waals surface area contributed by atoms with Crippen LogP contribution < -0.4 is 5.73 Å². The number of hydrogen-bond acceptors (Lipinski definition) is 3. The summed E-state index contributed by atoms with van der Waals surface area (Å²) in [6.45, 7) is 4.12. The molecule has 72 valence electrons. The molecule has 0 aromatic carbocycles. The predicted octanol–water partition coefficient (Wildman–Crippen LogP) is 0.822. The number of rotatable bonds is 3. The second-order valence-corrected chi connectivity index (χ2v) is 3.27. The fourth-order valence-corrected chi connectivity index (χ4v) is 1.10. The molecule has 12 heavy (non-hydrogen) atoms. The van der Waals surface area contributed by atoms with E-state index >= 15 is 0 Å². The molecule has 0 radical (unpaired) electrons. The summed E-state index contributed by atoms with van der Waals surface area (Å²) in [4.78, 5) is 4.42. The molecule has 1 rings (SSSR count). The minimum atomic E-state index is 0. The summed E-state index contributed by atoms with van der Waals surface area (Å²) in [6, 6.07) is 0.314. The fourth-order valence-electron chi connectivity index (χ4n) is 1.10. The molecule has 2 N–H and O–H groups in total. The molecule has 1 aliphatic rings. The summed E-state index contributed by atoms with van der Waals surface area (Å²) < 4.78 is 0. The first-order valence-corrected chi connectivity index (χ1v) is 4.06. The van der Waals surface area contributed by atoms with Crippen molar-refractivity contribution in [2.75, 3.05) is 20.3 Å². The molecule has 4 heteroatoms. The third-order valence-electron chi connectivity index (χ3n) is 1.81. The van der Waals surface area contributed by atoms with Crippen LogP contribution in [0.5, 0.6) is 0 Å². The summed E-state index contributed by atoms with van der Waals surface area (Å²) in [6.07, 6.45) is 5.27. The molecule has 0 bridgehead atoms. The van der Waals surface area contributed by atoms with Crippen LogP contribution in [0.4, 0.5) is 0 Å².